The van der Waals surface area contributed by atoms with Gasteiger partial charge in [0, 0.05) is 30.6 Å². The van der Waals surface area contributed by atoms with Crippen LogP contribution < -0.4 is 11.1 Å². The van der Waals surface area contributed by atoms with Gasteiger partial charge in [0.25, 0.3) is 0 Å². The Bertz CT molecular complexity index is 415. The molecule has 0 spiro atoms. The number of likely N-dealkylation sites (N-methyl/N-ethyl adjacent to an activating group) is 1. The van der Waals surface area contributed by atoms with Crippen molar-refractivity contribution in [1.82, 2.24) is 10.2 Å². The lowest BCUT2D eigenvalue weighted by Gasteiger charge is -2.27. The molecule has 0 aliphatic heterocycles. The fourth-order valence-corrected chi connectivity index (χ4v) is 2.72. The first-order chi connectivity index (χ1) is 9.81. The molecule has 0 saturated carbocycles. The average Bonchev–Trinajstić information content (AvgIpc) is 2.85. The van der Waals surface area contributed by atoms with E-state index in [0.29, 0.717) is 13.1 Å². The summed E-state index contributed by atoms with van der Waals surface area (Å²) in [5, 5.41) is 4.85. The molecule has 1 aromatic rings. The van der Waals surface area contributed by atoms with Gasteiger partial charge in [-0.05, 0) is 45.7 Å². The Morgan fingerprint density at radius 3 is 2.76 bits per heavy atom. The van der Waals surface area contributed by atoms with Crippen molar-refractivity contribution >= 4 is 17.4 Å². The number of nitrogens with two attached hydrogens (primary N) is 1. The summed E-state index contributed by atoms with van der Waals surface area (Å²) < 4.78 is 5.21. The van der Waals surface area contributed by atoms with Gasteiger partial charge in [0.15, 0.2) is 0 Å². The lowest BCUT2D eigenvalue weighted by atomic mass is 10.2. The van der Waals surface area contributed by atoms with Crippen molar-refractivity contribution in [2.24, 2.45) is 5.73 Å². The summed E-state index contributed by atoms with van der Waals surface area (Å²) in [6.07, 6.45) is 0.427. The summed E-state index contributed by atoms with van der Waals surface area (Å²) in [5.41, 5.74) is 5.37. The summed E-state index contributed by atoms with van der Waals surface area (Å²) in [7, 11) is 2.06. The molecule has 6 heteroatoms. The Labute approximate surface area is 131 Å². The Morgan fingerprint density at radius 2 is 2.24 bits per heavy atom. The predicted molar refractivity (Wildman–Crippen MR) is 87.5 cm³/mol. The number of hydrogen-bond acceptors (Lipinski definition) is 5. The van der Waals surface area contributed by atoms with Gasteiger partial charge >= 0.3 is 6.09 Å². The van der Waals surface area contributed by atoms with Crippen LogP contribution in [0.4, 0.5) is 4.79 Å². The van der Waals surface area contributed by atoms with Gasteiger partial charge in [0.2, 0.25) is 0 Å². The molecule has 5 nitrogen and oxygen atoms in total. The first-order valence-electron chi connectivity index (χ1n) is 7.21. The zero-order valence-electron chi connectivity index (χ0n) is 13.4. The molecule has 120 valence electrons. The molecular formula is C15H27N3O2S. The minimum Gasteiger partial charge on any atom is -0.444 e. The van der Waals surface area contributed by atoms with Crippen molar-refractivity contribution in [3.63, 3.8) is 0 Å². The molecule has 1 amide bonds. The highest BCUT2D eigenvalue weighted by molar-refractivity contribution is 7.09. The van der Waals surface area contributed by atoms with Crippen LogP contribution in [0.3, 0.4) is 0 Å². The van der Waals surface area contributed by atoms with Gasteiger partial charge in [-0.15, -0.1) is 11.3 Å². The number of carbonyl (C=O) groups is 1. The number of thiophene rings is 1. The highest BCUT2D eigenvalue weighted by Crippen LogP contribution is 2.13. The van der Waals surface area contributed by atoms with Crippen LogP contribution in [-0.2, 0) is 11.3 Å². The second kappa shape index (κ2) is 8.36. The molecule has 0 aliphatic rings. The zero-order chi connectivity index (χ0) is 15.9. The maximum absolute atomic E-state index is 11.6. The second-order valence-corrected chi connectivity index (χ2v) is 7.13. The smallest absolute Gasteiger partial charge is 0.407 e. The SMILES string of the molecule is CN(Cc1cccs1)C(CN)CCNC(=O)OC(C)(C)C. The summed E-state index contributed by atoms with van der Waals surface area (Å²) in [4.78, 5) is 15.1. The van der Waals surface area contributed by atoms with Crippen molar-refractivity contribution in [1.29, 1.82) is 0 Å². The van der Waals surface area contributed by atoms with E-state index in [9.17, 15) is 4.79 Å². The van der Waals surface area contributed by atoms with Crippen molar-refractivity contribution < 1.29 is 9.53 Å². The number of nitrogens with one attached hydrogen (secondary N) is 1. The van der Waals surface area contributed by atoms with E-state index in [0.717, 1.165) is 13.0 Å². The van der Waals surface area contributed by atoms with Crippen LogP contribution in [0.2, 0.25) is 0 Å². The standard InChI is InChI=1S/C15H27N3O2S/c1-15(2,3)20-14(19)17-8-7-12(10-16)18(4)11-13-6-5-9-21-13/h5-6,9,12H,7-8,10-11,16H2,1-4H3,(H,17,19). The van der Waals surface area contributed by atoms with Gasteiger partial charge in [0.1, 0.15) is 5.60 Å². The molecule has 0 bridgehead atoms. The van der Waals surface area contributed by atoms with Crippen molar-refractivity contribution in [3.8, 4) is 0 Å². The summed E-state index contributed by atoms with van der Waals surface area (Å²) in [6.45, 7) is 7.56. The molecule has 0 aromatic carbocycles. The number of alkyl carbamates (subject to hydrolysis) is 1. The molecule has 21 heavy (non-hydrogen) atoms. The lowest BCUT2D eigenvalue weighted by Crippen LogP contribution is -2.41. The summed E-state index contributed by atoms with van der Waals surface area (Å²) >= 11 is 1.74. The predicted octanol–water partition coefficient (Wildman–Crippen LogP) is 2.42. The molecule has 1 aromatic heterocycles. The van der Waals surface area contributed by atoms with Crippen LogP contribution in [0.1, 0.15) is 32.1 Å². The summed E-state index contributed by atoms with van der Waals surface area (Å²) in [5.74, 6) is 0. The first-order valence-corrected chi connectivity index (χ1v) is 8.09. The fraction of sp³-hybridized carbons (Fsp3) is 0.667. The van der Waals surface area contributed by atoms with E-state index >= 15 is 0 Å². The molecule has 0 fully saturated rings. The van der Waals surface area contributed by atoms with Crippen LogP contribution in [0.5, 0.6) is 0 Å². The Kier molecular flexibility index (Phi) is 7.14. The van der Waals surface area contributed by atoms with Crippen LogP contribution in [0.15, 0.2) is 17.5 Å². The van der Waals surface area contributed by atoms with Crippen molar-refractivity contribution in [3.05, 3.63) is 22.4 Å². The van der Waals surface area contributed by atoms with E-state index in [1.165, 1.54) is 4.88 Å². The Balaban J connectivity index is 2.32. The first kappa shape index (κ1) is 17.9. The third kappa shape index (κ3) is 7.45. The minimum atomic E-state index is -0.465. The number of hydrogen-bond donors (Lipinski definition) is 2. The zero-order valence-corrected chi connectivity index (χ0v) is 14.2. The molecular weight excluding hydrogens is 286 g/mol. The third-order valence-electron chi connectivity index (χ3n) is 3.03. The van der Waals surface area contributed by atoms with Crippen LogP contribution in [0, 0.1) is 0 Å². The van der Waals surface area contributed by atoms with E-state index in [-0.39, 0.29) is 12.1 Å². The van der Waals surface area contributed by atoms with Gasteiger partial charge in [-0.1, -0.05) is 6.07 Å². The van der Waals surface area contributed by atoms with E-state index in [1.54, 1.807) is 11.3 Å². The van der Waals surface area contributed by atoms with Gasteiger partial charge in [-0.25, -0.2) is 4.79 Å². The highest BCUT2D eigenvalue weighted by atomic mass is 32.1. The largest absolute Gasteiger partial charge is 0.444 e. The van der Waals surface area contributed by atoms with Gasteiger partial charge in [0.05, 0.1) is 0 Å². The van der Waals surface area contributed by atoms with Gasteiger partial charge in [-0.3, -0.25) is 4.90 Å². The third-order valence-corrected chi connectivity index (χ3v) is 3.89. The van der Waals surface area contributed by atoms with E-state index in [2.05, 4.69) is 34.8 Å². The monoisotopic (exact) mass is 313 g/mol. The molecule has 0 aliphatic carbocycles. The quantitative estimate of drug-likeness (QED) is 0.811. The van der Waals surface area contributed by atoms with E-state index < -0.39 is 5.60 Å². The van der Waals surface area contributed by atoms with E-state index in [4.69, 9.17) is 10.5 Å². The fourth-order valence-electron chi connectivity index (χ4n) is 1.95. The number of amides is 1. The number of rotatable bonds is 7. The van der Waals surface area contributed by atoms with Crippen LogP contribution >= 0.6 is 11.3 Å². The van der Waals surface area contributed by atoms with Gasteiger partial charge in [-0.2, -0.15) is 0 Å². The molecule has 1 heterocycles. The average molecular weight is 313 g/mol. The maximum Gasteiger partial charge on any atom is 0.407 e. The summed E-state index contributed by atoms with van der Waals surface area (Å²) in [6, 6.07) is 4.41. The Morgan fingerprint density at radius 1 is 1.52 bits per heavy atom. The number of ether oxygens (including phenoxy) is 1. The van der Waals surface area contributed by atoms with Crippen LogP contribution in [0.25, 0.3) is 0 Å². The molecule has 1 rings (SSSR count). The second-order valence-electron chi connectivity index (χ2n) is 6.10. The minimum absolute atomic E-state index is 0.238. The number of nitrogens with zero attached hydrogens (tertiary/aromatic N) is 1. The number of carbonyl (C=O) groups excluding carboxylic acids is 1. The molecule has 1 atom stereocenters. The molecule has 3 N–H and O–H groups in total. The topological polar surface area (TPSA) is 67.6 Å². The van der Waals surface area contributed by atoms with Crippen LogP contribution in [-0.4, -0.2) is 42.8 Å². The highest BCUT2D eigenvalue weighted by Gasteiger charge is 2.17. The lowest BCUT2D eigenvalue weighted by molar-refractivity contribution is 0.0522. The Hall–Kier alpha value is -1.11. The molecule has 1 unspecified atom stereocenters. The normalized spacial score (nSPS) is 13.2. The van der Waals surface area contributed by atoms with Crippen molar-refractivity contribution in [2.45, 2.75) is 45.4 Å². The maximum atomic E-state index is 11.6. The van der Waals surface area contributed by atoms with Gasteiger partial charge < -0.3 is 15.8 Å². The van der Waals surface area contributed by atoms with E-state index in [1.807, 2.05) is 20.8 Å². The van der Waals surface area contributed by atoms with Crippen molar-refractivity contribution in [2.75, 3.05) is 20.1 Å². The molecule has 0 radical (unpaired) electrons. The molecule has 0 saturated heterocycles.